The van der Waals surface area contributed by atoms with Crippen molar-refractivity contribution in [3.63, 3.8) is 0 Å². The Labute approximate surface area is 165 Å². The van der Waals surface area contributed by atoms with Crippen LogP contribution in [0, 0.1) is 11.6 Å². The fourth-order valence-corrected chi connectivity index (χ4v) is 4.97. The summed E-state index contributed by atoms with van der Waals surface area (Å²) in [6, 6.07) is 16.2. The van der Waals surface area contributed by atoms with Crippen LogP contribution in [0.25, 0.3) is 10.4 Å². The van der Waals surface area contributed by atoms with Crippen LogP contribution in [-0.2, 0) is 4.79 Å². The molecule has 3 aromatic rings. The van der Waals surface area contributed by atoms with E-state index in [2.05, 4.69) is 0 Å². The Morgan fingerprint density at radius 3 is 2.39 bits per heavy atom. The van der Waals surface area contributed by atoms with Crippen molar-refractivity contribution in [2.75, 3.05) is 7.05 Å². The third kappa shape index (κ3) is 3.23. The predicted molar refractivity (Wildman–Crippen MR) is 105 cm³/mol. The van der Waals surface area contributed by atoms with Crippen molar-refractivity contribution in [1.82, 2.24) is 4.90 Å². The van der Waals surface area contributed by atoms with Crippen LogP contribution in [0.5, 0.6) is 0 Å². The van der Waals surface area contributed by atoms with E-state index in [0.29, 0.717) is 16.2 Å². The van der Waals surface area contributed by atoms with Gasteiger partial charge in [0, 0.05) is 29.1 Å². The van der Waals surface area contributed by atoms with Crippen molar-refractivity contribution in [3.05, 3.63) is 82.7 Å². The molecule has 3 nitrogen and oxygen atoms in total. The number of likely N-dealkylation sites (N-methyl/N-ethyl adjacent to an activating group) is 1. The number of likely N-dealkylation sites (tertiary alicyclic amines) is 1. The summed E-state index contributed by atoms with van der Waals surface area (Å²) in [5, 5.41) is 11.1. The molecular formula is C22H19F2NO2S. The molecule has 0 saturated carbocycles. The first-order valence-electron chi connectivity index (χ1n) is 9.00. The van der Waals surface area contributed by atoms with Gasteiger partial charge < -0.3 is 10.0 Å². The topological polar surface area (TPSA) is 40.5 Å². The molecule has 6 heteroatoms. The highest BCUT2D eigenvalue weighted by molar-refractivity contribution is 7.15. The largest absolute Gasteiger partial charge is 0.385 e. The van der Waals surface area contributed by atoms with Gasteiger partial charge in [-0.05, 0) is 29.8 Å². The molecule has 1 unspecified atom stereocenters. The van der Waals surface area contributed by atoms with Crippen LogP contribution in [0.4, 0.5) is 8.78 Å². The minimum atomic E-state index is -0.949. The van der Waals surface area contributed by atoms with E-state index in [9.17, 15) is 18.7 Å². The van der Waals surface area contributed by atoms with E-state index in [4.69, 9.17) is 0 Å². The van der Waals surface area contributed by atoms with E-state index in [0.717, 1.165) is 16.9 Å². The average Bonchev–Trinajstić information content (AvgIpc) is 3.28. The summed E-state index contributed by atoms with van der Waals surface area (Å²) < 4.78 is 28.2. The minimum absolute atomic E-state index is 0.0326. The first-order valence-corrected chi connectivity index (χ1v) is 9.82. The summed E-state index contributed by atoms with van der Waals surface area (Å²) in [5.74, 6) is -1.46. The van der Waals surface area contributed by atoms with E-state index >= 15 is 0 Å². The second-order valence-corrected chi connectivity index (χ2v) is 8.08. The number of nitrogens with zero attached hydrogens (tertiary/aromatic N) is 1. The van der Waals surface area contributed by atoms with E-state index in [-0.39, 0.29) is 17.4 Å². The molecule has 0 bridgehead atoms. The van der Waals surface area contributed by atoms with Crippen LogP contribution >= 0.6 is 11.3 Å². The lowest BCUT2D eigenvalue weighted by Crippen LogP contribution is -2.36. The number of hydrogen-bond donors (Lipinski definition) is 1. The summed E-state index contributed by atoms with van der Waals surface area (Å²) >= 11 is 1.14. The van der Waals surface area contributed by atoms with Gasteiger partial charge in [-0.15, -0.1) is 11.3 Å². The smallest absolute Gasteiger partial charge is 0.223 e. The quantitative estimate of drug-likeness (QED) is 0.688. The lowest BCUT2D eigenvalue weighted by atomic mass is 9.88. The molecule has 1 amide bonds. The van der Waals surface area contributed by atoms with Gasteiger partial charge in [0.15, 0.2) is 0 Å². The van der Waals surface area contributed by atoms with Crippen LogP contribution < -0.4 is 0 Å². The van der Waals surface area contributed by atoms with Crippen molar-refractivity contribution in [2.45, 2.75) is 24.5 Å². The van der Waals surface area contributed by atoms with Crippen LogP contribution in [-0.4, -0.2) is 29.0 Å². The molecule has 0 spiro atoms. The molecule has 0 aliphatic carbocycles. The number of rotatable bonds is 4. The fraction of sp³-hybridized carbons (Fsp3) is 0.227. The zero-order valence-corrected chi connectivity index (χ0v) is 16.0. The van der Waals surface area contributed by atoms with Crippen LogP contribution in [0.15, 0.2) is 60.7 Å². The predicted octanol–water partition coefficient (Wildman–Crippen LogP) is 4.74. The molecule has 1 aliphatic rings. The molecule has 1 fully saturated rings. The minimum Gasteiger partial charge on any atom is -0.385 e. The molecule has 4 rings (SSSR count). The van der Waals surface area contributed by atoms with Crippen molar-refractivity contribution < 1.29 is 18.7 Å². The maximum absolute atomic E-state index is 14.1. The summed E-state index contributed by atoms with van der Waals surface area (Å²) in [6.07, 6.45) is -0.627. The van der Waals surface area contributed by atoms with Gasteiger partial charge in [-0.3, -0.25) is 4.79 Å². The van der Waals surface area contributed by atoms with Crippen molar-refractivity contribution in [1.29, 1.82) is 0 Å². The lowest BCUT2D eigenvalue weighted by Gasteiger charge is -2.29. The van der Waals surface area contributed by atoms with Crippen LogP contribution in [0.2, 0.25) is 0 Å². The number of benzene rings is 2. The highest BCUT2D eigenvalue weighted by Crippen LogP contribution is 2.43. The van der Waals surface area contributed by atoms with Crippen molar-refractivity contribution >= 4 is 17.2 Å². The van der Waals surface area contributed by atoms with E-state index in [1.54, 1.807) is 24.1 Å². The van der Waals surface area contributed by atoms with Gasteiger partial charge in [0.05, 0.1) is 11.6 Å². The maximum Gasteiger partial charge on any atom is 0.223 e. The molecule has 1 aliphatic heterocycles. The third-order valence-corrected chi connectivity index (χ3v) is 6.50. The molecular weight excluding hydrogens is 380 g/mol. The monoisotopic (exact) mass is 399 g/mol. The Balaban J connectivity index is 1.68. The molecule has 1 N–H and O–H groups in total. The maximum atomic E-state index is 14.1. The van der Waals surface area contributed by atoms with E-state index in [1.165, 1.54) is 18.2 Å². The molecule has 2 aromatic carbocycles. The lowest BCUT2D eigenvalue weighted by molar-refractivity contribution is -0.128. The molecule has 0 radical (unpaired) electrons. The second kappa shape index (κ2) is 7.45. The van der Waals surface area contributed by atoms with Crippen LogP contribution in [0.1, 0.15) is 28.9 Å². The normalized spacial score (nSPS) is 20.6. The Bertz CT molecular complexity index is 985. The van der Waals surface area contributed by atoms with Gasteiger partial charge >= 0.3 is 0 Å². The van der Waals surface area contributed by atoms with Crippen LogP contribution in [0.3, 0.4) is 0 Å². The number of hydrogen-bond acceptors (Lipinski definition) is 3. The Hall–Kier alpha value is -2.57. The molecule has 28 heavy (non-hydrogen) atoms. The zero-order chi connectivity index (χ0) is 19.8. The van der Waals surface area contributed by atoms with Gasteiger partial charge in [-0.1, -0.05) is 36.4 Å². The Kier molecular flexibility index (Phi) is 5.00. The summed E-state index contributed by atoms with van der Waals surface area (Å²) in [4.78, 5) is 14.9. The van der Waals surface area contributed by atoms with Gasteiger partial charge in [0.2, 0.25) is 5.91 Å². The van der Waals surface area contributed by atoms with Gasteiger partial charge in [-0.2, -0.15) is 0 Å². The van der Waals surface area contributed by atoms with Crippen molar-refractivity contribution in [2.24, 2.45) is 0 Å². The third-order valence-electron chi connectivity index (χ3n) is 5.33. The highest BCUT2D eigenvalue weighted by atomic mass is 32.1. The number of carbonyl (C=O) groups is 1. The van der Waals surface area contributed by atoms with Gasteiger partial charge in [0.25, 0.3) is 0 Å². The molecule has 1 aromatic heterocycles. The summed E-state index contributed by atoms with van der Waals surface area (Å²) in [7, 11) is 1.68. The van der Waals surface area contributed by atoms with Crippen molar-refractivity contribution in [3.8, 4) is 10.4 Å². The number of carbonyl (C=O) groups excluding carboxylic acids is 1. The molecule has 144 valence electrons. The second-order valence-electron chi connectivity index (χ2n) is 6.96. The standard InChI is InChI=1S/C22H19F2NO2S/c1-25-19(26)12-14(13-6-3-2-4-7-13)21(25)22(27)18-11-10-17(28-18)20-15(23)8-5-9-16(20)24/h2-11,14,21-22,27H,12H2,1H3/t14-,21-,22?/m1/s1. The first kappa shape index (κ1) is 18.8. The molecule has 3 atom stereocenters. The van der Waals surface area contributed by atoms with E-state index < -0.39 is 23.8 Å². The SMILES string of the molecule is CN1C(=O)C[C@H](c2ccccc2)[C@@H]1C(O)c1ccc(-c2c(F)cccc2F)s1. The number of halogens is 2. The zero-order valence-electron chi connectivity index (χ0n) is 15.2. The van der Waals surface area contributed by atoms with Gasteiger partial charge in [0.1, 0.15) is 17.7 Å². The summed E-state index contributed by atoms with van der Waals surface area (Å²) in [5.41, 5.74) is 0.891. The average molecular weight is 399 g/mol. The first-order chi connectivity index (χ1) is 13.5. The van der Waals surface area contributed by atoms with E-state index in [1.807, 2.05) is 30.3 Å². The number of aliphatic hydroxyl groups is 1. The number of amides is 1. The Morgan fingerprint density at radius 1 is 1.04 bits per heavy atom. The molecule has 2 heterocycles. The van der Waals surface area contributed by atoms with Gasteiger partial charge in [-0.25, -0.2) is 8.78 Å². The summed E-state index contributed by atoms with van der Waals surface area (Å²) in [6.45, 7) is 0. The number of thiophene rings is 1. The highest BCUT2D eigenvalue weighted by Gasteiger charge is 2.43. The fourth-order valence-electron chi connectivity index (χ4n) is 3.88. The number of aliphatic hydroxyl groups excluding tert-OH is 1. The Morgan fingerprint density at radius 2 is 1.71 bits per heavy atom. The molecule has 1 saturated heterocycles.